The van der Waals surface area contributed by atoms with E-state index in [-0.39, 0.29) is 24.2 Å². The molecule has 2 saturated heterocycles. The Morgan fingerprint density at radius 2 is 1.53 bits per heavy atom. The molecule has 170 valence electrons. The highest BCUT2D eigenvalue weighted by Crippen LogP contribution is 2.43. The van der Waals surface area contributed by atoms with Crippen molar-refractivity contribution in [3.8, 4) is 11.5 Å². The summed E-state index contributed by atoms with van der Waals surface area (Å²) >= 11 is 0. The first-order valence-electron chi connectivity index (χ1n) is 10.4. The van der Waals surface area contributed by atoms with Gasteiger partial charge in [-0.05, 0) is 55.7 Å². The van der Waals surface area contributed by atoms with E-state index < -0.39 is 11.8 Å². The van der Waals surface area contributed by atoms with E-state index in [9.17, 15) is 22.8 Å². The van der Waals surface area contributed by atoms with Gasteiger partial charge in [0.2, 0.25) is 5.91 Å². The molecule has 2 amide bonds. The molecule has 0 saturated carbocycles. The van der Waals surface area contributed by atoms with E-state index in [0.29, 0.717) is 50.3 Å². The van der Waals surface area contributed by atoms with Crippen LogP contribution in [0.1, 0.15) is 19.3 Å². The summed E-state index contributed by atoms with van der Waals surface area (Å²) in [6.07, 6.45) is -3.01. The van der Waals surface area contributed by atoms with Gasteiger partial charge in [-0.25, -0.2) is 0 Å². The highest BCUT2D eigenvalue weighted by atomic mass is 19.4. The second-order valence-electron chi connectivity index (χ2n) is 8.01. The number of hydrogen-bond donors (Lipinski definition) is 0. The Hall–Kier alpha value is -3.23. The van der Waals surface area contributed by atoms with Gasteiger partial charge < -0.3 is 19.3 Å². The van der Waals surface area contributed by atoms with Crippen LogP contribution in [-0.2, 0) is 9.59 Å². The van der Waals surface area contributed by atoms with Gasteiger partial charge in [0.25, 0.3) is 5.91 Å². The van der Waals surface area contributed by atoms with Gasteiger partial charge in [-0.3, -0.25) is 9.59 Å². The molecule has 1 spiro atoms. The summed E-state index contributed by atoms with van der Waals surface area (Å²) in [5.74, 6) is 0.135. The van der Waals surface area contributed by atoms with Crippen molar-refractivity contribution >= 4 is 17.5 Å². The molecule has 6 nitrogen and oxygen atoms in total. The number of halogens is 3. The van der Waals surface area contributed by atoms with E-state index >= 15 is 0 Å². The van der Waals surface area contributed by atoms with Crippen LogP contribution >= 0.6 is 0 Å². The number of para-hydroxylation sites is 1. The summed E-state index contributed by atoms with van der Waals surface area (Å²) in [6.45, 7) is 1.37. The average molecular weight is 448 g/mol. The van der Waals surface area contributed by atoms with Crippen LogP contribution in [0.5, 0.6) is 11.5 Å². The van der Waals surface area contributed by atoms with Crippen LogP contribution in [-0.4, -0.2) is 49.3 Å². The minimum Gasteiger partial charge on any atom is -0.484 e. The van der Waals surface area contributed by atoms with Crippen LogP contribution < -0.4 is 14.4 Å². The first-order valence-corrected chi connectivity index (χ1v) is 10.4. The molecule has 2 aromatic carbocycles. The zero-order chi connectivity index (χ0) is 22.8. The highest BCUT2D eigenvalue weighted by molar-refractivity contribution is 6.00. The van der Waals surface area contributed by atoms with Crippen molar-refractivity contribution in [1.82, 2.24) is 4.90 Å². The van der Waals surface area contributed by atoms with Gasteiger partial charge in [-0.15, -0.1) is 13.2 Å². The maximum Gasteiger partial charge on any atom is 0.573 e. The van der Waals surface area contributed by atoms with E-state index in [4.69, 9.17) is 4.74 Å². The molecule has 0 unspecified atom stereocenters. The summed E-state index contributed by atoms with van der Waals surface area (Å²) in [5, 5.41) is 0. The lowest BCUT2D eigenvalue weighted by Crippen LogP contribution is -2.47. The summed E-state index contributed by atoms with van der Waals surface area (Å²) in [7, 11) is 0. The number of likely N-dealkylation sites (tertiary alicyclic amines) is 1. The lowest BCUT2D eigenvalue weighted by Gasteiger charge is -2.37. The average Bonchev–Trinajstić information content (AvgIpc) is 3.08. The number of nitrogens with zero attached hydrogens (tertiary/aromatic N) is 2. The van der Waals surface area contributed by atoms with Gasteiger partial charge >= 0.3 is 6.36 Å². The quantitative estimate of drug-likeness (QED) is 0.694. The molecule has 0 atom stereocenters. The van der Waals surface area contributed by atoms with Crippen molar-refractivity contribution in [2.45, 2.75) is 25.6 Å². The number of hydrogen-bond acceptors (Lipinski definition) is 4. The van der Waals surface area contributed by atoms with Crippen LogP contribution in [0.25, 0.3) is 0 Å². The fourth-order valence-corrected chi connectivity index (χ4v) is 4.30. The Balaban J connectivity index is 1.32. The molecule has 2 heterocycles. The monoisotopic (exact) mass is 448 g/mol. The predicted molar refractivity (Wildman–Crippen MR) is 110 cm³/mol. The lowest BCUT2D eigenvalue weighted by atomic mass is 9.77. The molecule has 32 heavy (non-hydrogen) atoms. The standard InChI is InChI=1S/C23H23F3N2O4/c24-23(25,26)32-19-8-6-17(7-9-19)28-15-12-22(21(28)30)10-13-27(14-11-22)20(29)16-31-18-4-2-1-3-5-18/h1-9H,10-16H2. The van der Waals surface area contributed by atoms with E-state index in [1.807, 2.05) is 18.2 Å². The van der Waals surface area contributed by atoms with Crippen LogP contribution in [0.3, 0.4) is 0 Å². The zero-order valence-electron chi connectivity index (χ0n) is 17.3. The normalized spacial score (nSPS) is 18.2. The lowest BCUT2D eigenvalue weighted by molar-refractivity contribution is -0.274. The third-order valence-electron chi connectivity index (χ3n) is 6.07. The number of alkyl halides is 3. The number of carbonyl (C=O) groups is 2. The number of ether oxygens (including phenoxy) is 2. The number of rotatable bonds is 5. The van der Waals surface area contributed by atoms with E-state index in [1.54, 1.807) is 21.9 Å². The molecule has 4 rings (SSSR count). The molecule has 2 aromatic rings. The van der Waals surface area contributed by atoms with Gasteiger partial charge in [-0.1, -0.05) is 18.2 Å². The van der Waals surface area contributed by atoms with Crippen molar-refractivity contribution in [2.24, 2.45) is 5.41 Å². The van der Waals surface area contributed by atoms with Gasteiger partial charge in [0.15, 0.2) is 6.61 Å². The molecule has 2 aliphatic rings. The highest BCUT2D eigenvalue weighted by Gasteiger charge is 2.49. The second kappa shape index (κ2) is 8.72. The van der Waals surface area contributed by atoms with Crippen LogP contribution in [0.2, 0.25) is 0 Å². The number of carbonyl (C=O) groups excluding carboxylic acids is 2. The molecular weight excluding hydrogens is 425 g/mol. The fourth-order valence-electron chi connectivity index (χ4n) is 4.30. The molecule has 0 N–H and O–H groups in total. The van der Waals surface area contributed by atoms with E-state index in [0.717, 1.165) is 0 Å². The van der Waals surface area contributed by atoms with Crippen LogP contribution in [0.15, 0.2) is 54.6 Å². The van der Waals surface area contributed by atoms with Gasteiger partial charge in [0.1, 0.15) is 11.5 Å². The molecule has 0 aromatic heterocycles. The largest absolute Gasteiger partial charge is 0.573 e. The SMILES string of the molecule is O=C(COc1ccccc1)N1CCC2(CC1)CCN(c1ccc(OC(F)(F)F)cc1)C2=O. The van der Waals surface area contributed by atoms with Crippen molar-refractivity contribution in [1.29, 1.82) is 0 Å². The van der Waals surface area contributed by atoms with Crippen molar-refractivity contribution < 1.29 is 32.2 Å². The van der Waals surface area contributed by atoms with Crippen molar-refractivity contribution in [3.63, 3.8) is 0 Å². The summed E-state index contributed by atoms with van der Waals surface area (Å²) in [6, 6.07) is 14.4. The first-order chi connectivity index (χ1) is 15.3. The smallest absolute Gasteiger partial charge is 0.484 e. The molecule has 0 bridgehead atoms. The maximum atomic E-state index is 13.2. The van der Waals surface area contributed by atoms with Gasteiger partial charge in [0, 0.05) is 25.3 Å². The molecule has 9 heteroatoms. The maximum absolute atomic E-state index is 13.2. The fraction of sp³-hybridized carbons (Fsp3) is 0.391. The summed E-state index contributed by atoms with van der Waals surface area (Å²) in [5.41, 5.74) is -0.00533. The zero-order valence-corrected chi connectivity index (χ0v) is 17.3. The minimum atomic E-state index is -4.76. The second-order valence-corrected chi connectivity index (χ2v) is 8.01. The Labute approximate surface area is 183 Å². The van der Waals surface area contributed by atoms with E-state index in [1.165, 1.54) is 24.3 Å². The molecule has 2 aliphatic heterocycles. The Morgan fingerprint density at radius 3 is 2.16 bits per heavy atom. The number of amides is 2. The van der Waals surface area contributed by atoms with Crippen molar-refractivity contribution in [3.05, 3.63) is 54.6 Å². The first kappa shape index (κ1) is 22.0. The number of piperidine rings is 1. The molecule has 0 radical (unpaired) electrons. The minimum absolute atomic E-state index is 0.0466. The van der Waals surface area contributed by atoms with Crippen molar-refractivity contribution in [2.75, 3.05) is 31.1 Å². The van der Waals surface area contributed by atoms with E-state index in [2.05, 4.69) is 4.74 Å². The summed E-state index contributed by atoms with van der Waals surface area (Å²) in [4.78, 5) is 29.0. The van der Waals surface area contributed by atoms with Crippen LogP contribution in [0.4, 0.5) is 18.9 Å². The number of anilines is 1. The van der Waals surface area contributed by atoms with Gasteiger partial charge in [0.05, 0.1) is 5.41 Å². The van der Waals surface area contributed by atoms with Gasteiger partial charge in [-0.2, -0.15) is 0 Å². The summed E-state index contributed by atoms with van der Waals surface area (Å²) < 4.78 is 46.4. The van der Waals surface area contributed by atoms with Crippen LogP contribution in [0, 0.1) is 5.41 Å². The Kier molecular flexibility index (Phi) is 5.99. The molecule has 2 fully saturated rings. The number of benzene rings is 2. The third-order valence-corrected chi connectivity index (χ3v) is 6.07. The predicted octanol–water partition coefficient (Wildman–Crippen LogP) is 4.01. The topological polar surface area (TPSA) is 59.1 Å². The molecule has 0 aliphatic carbocycles. The molecular formula is C23H23F3N2O4. The Morgan fingerprint density at radius 1 is 0.906 bits per heavy atom. The Bertz CT molecular complexity index is 955. The third kappa shape index (κ3) is 4.81.